The van der Waals surface area contributed by atoms with Crippen LogP contribution in [0.5, 0.6) is 0 Å². The van der Waals surface area contributed by atoms with Crippen molar-refractivity contribution in [2.24, 2.45) is 0 Å². The van der Waals surface area contributed by atoms with Gasteiger partial charge < -0.3 is 10.1 Å². The van der Waals surface area contributed by atoms with Crippen LogP contribution in [0.15, 0.2) is 16.6 Å². The van der Waals surface area contributed by atoms with Crippen molar-refractivity contribution in [3.05, 3.63) is 28.2 Å². The van der Waals surface area contributed by atoms with Crippen molar-refractivity contribution in [2.75, 3.05) is 0 Å². The molecule has 0 radical (unpaired) electrons. The van der Waals surface area contributed by atoms with E-state index in [1.807, 2.05) is 0 Å². The van der Waals surface area contributed by atoms with Crippen LogP contribution in [0.25, 0.3) is 11.0 Å². The minimum Gasteiger partial charge on any atom is -0.481 e. The molecule has 1 aromatic carbocycles. The molecule has 0 aliphatic carbocycles. The number of carboxylic acids is 1. The molecule has 2 N–H and O–H groups in total. The summed E-state index contributed by atoms with van der Waals surface area (Å²) in [5.41, 5.74) is 1.29. The molecule has 1 heterocycles. The second-order valence-corrected chi connectivity index (χ2v) is 4.57. The maximum Gasteiger partial charge on any atom is 0.303 e. The number of nitrogens with one attached hydrogen (secondary N) is 1. The molecule has 0 atom stereocenters. The van der Waals surface area contributed by atoms with Gasteiger partial charge in [0.1, 0.15) is 11.6 Å². The third kappa shape index (κ3) is 2.82. The number of H-pyrrole nitrogens is 1. The van der Waals surface area contributed by atoms with Crippen LogP contribution < -0.4 is 0 Å². The van der Waals surface area contributed by atoms with Gasteiger partial charge in [-0.15, -0.1) is 0 Å². The minimum atomic E-state index is -0.824. The Hall–Kier alpha value is -1.43. The summed E-state index contributed by atoms with van der Waals surface area (Å²) in [5, 5.41) is 8.52. The summed E-state index contributed by atoms with van der Waals surface area (Å²) < 4.78 is 13.6. The van der Waals surface area contributed by atoms with Crippen LogP contribution in [0, 0.1) is 5.82 Å². The number of aromatic nitrogens is 2. The minimum absolute atomic E-state index is 0.106. The number of carboxylic acid groups (broad SMARTS) is 1. The quantitative estimate of drug-likeness (QED) is 0.912. The number of rotatable bonds is 4. The highest BCUT2D eigenvalue weighted by Crippen LogP contribution is 2.22. The molecule has 1 aromatic heterocycles. The predicted octanol–water partition coefficient (Wildman–Crippen LogP) is 2.87. The number of aromatic amines is 1. The molecule has 4 nitrogen and oxygen atoms in total. The Morgan fingerprint density at radius 1 is 1.53 bits per heavy atom. The molecule has 6 heteroatoms. The van der Waals surface area contributed by atoms with Crippen molar-refractivity contribution in [2.45, 2.75) is 19.3 Å². The lowest BCUT2D eigenvalue weighted by Gasteiger charge is -1.93. The maximum atomic E-state index is 13.2. The first-order chi connectivity index (χ1) is 8.06. The van der Waals surface area contributed by atoms with Crippen LogP contribution in [0.3, 0.4) is 0 Å². The lowest BCUT2D eigenvalue weighted by Crippen LogP contribution is -1.96. The fourth-order valence-corrected chi connectivity index (χ4v) is 1.91. The molecule has 2 rings (SSSR count). The number of halogens is 2. The SMILES string of the molecule is O=C(O)CCCc1nc2cc(Br)c(F)cc2[nH]1. The van der Waals surface area contributed by atoms with Gasteiger partial charge in [-0.25, -0.2) is 9.37 Å². The van der Waals surface area contributed by atoms with E-state index in [9.17, 15) is 9.18 Å². The van der Waals surface area contributed by atoms with Gasteiger partial charge in [0.25, 0.3) is 0 Å². The van der Waals surface area contributed by atoms with Gasteiger partial charge in [-0.3, -0.25) is 4.79 Å². The van der Waals surface area contributed by atoms with Crippen LogP contribution in [-0.2, 0) is 11.2 Å². The normalized spacial score (nSPS) is 10.9. The number of benzene rings is 1. The molecule has 0 amide bonds. The van der Waals surface area contributed by atoms with Crippen LogP contribution in [-0.4, -0.2) is 21.0 Å². The largest absolute Gasteiger partial charge is 0.481 e. The molecule has 0 spiro atoms. The Bertz CT molecular complexity index is 529. The lowest BCUT2D eigenvalue weighted by molar-refractivity contribution is -0.137. The number of aliphatic carboxylic acids is 1. The summed E-state index contributed by atoms with van der Waals surface area (Å²) in [5.74, 6) is -0.494. The van der Waals surface area contributed by atoms with E-state index in [-0.39, 0.29) is 12.2 Å². The fraction of sp³-hybridized carbons (Fsp3) is 0.273. The Labute approximate surface area is 105 Å². The van der Waals surface area contributed by atoms with Crippen molar-refractivity contribution in [1.82, 2.24) is 9.97 Å². The van der Waals surface area contributed by atoms with Crippen LogP contribution in [0.4, 0.5) is 4.39 Å². The highest BCUT2D eigenvalue weighted by molar-refractivity contribution is 9.10. The zero-order valence-corrected chi connectivity index (χ0v) is 10.4. The first kappa shape index (κ1) is 12.0. The third-order valence-electron chi connectivity index (χ3n) is 2.38. The molecule has 0 fully saturated rings. The van der Waals surface area contributed by atoms with Gasteiger partial charge in [0.15, 0.2) is 0 Å². The van der Waals surface area contributed by atoms with Gasteiger partial charge in [0, 0.05) is 18.9 Å². The van der Waals surface area contributed by atoms with Gasteiger partial charge in [0.2, 0.25) is 0 Å². The van der Waals surface area contributed by atoms with Crippen molar-refractivity contribution in [3.63, 3.8) is 0 Å². The number of imidazole rings is 1. The van der Waals surface area contributed by atoms with E-state index in [0.717, 1.165) is 0 Å². The van der Waals surface area contributed by atoms with E-state index in [1.54, 1.807) is 6.07 Å². The maximum absolute atomic E-state index is 13.2. The van der Waals surface area contributed by atoms with Gasteiger partial charge in [-0.2, -0.15) is 0 Å². The van der Waals surface area contributed by atoms with Gasteiger partial charge in [0.05, 0.1) is 15.5 Å². The third-order valence-corrected chi connectivity index (χ3v) is 2.98. The van der Waals surface area contributed by atoms with Crippen molar-refractivity contribution in [3.8, 4) is 0 Å². The average Bonchev–Trinajstić information content (AvgIpc) is 2.60. The Kier molecular flexibility index (Phi) is 3.42. The molecule has 0 aliphatic rings. The number of aryl methyl sites for hydroxylation is 1. The summed E-state index contributed by atoms with van der Waals surface area (Å²) in [6.07, 6.45) is 1.16. The van der Waals surface area contributed by atoms with E-state index in [1.165, 1.54) is 6.07 Å². The number of nitrogens with zero attached hydrogens (tertiary/aromatic N) is 1. The Morgan fingerprint density at radius 3 is 3.00 bits per heavy atom. The molecule has 0 aliphatic heterocycles. The van der Waals surface area contributed by atoms with E-state index in [0.29, 0.717) is 34.2 Å². The zero-order valence-electron chi connectivity index (χ0n) is 8.83. The van der Waals surface area contributed by atoms with Crippen molar-refractivity contribution in [1.29, 1.82) is 0 Å². The van der Waals surface area contributed by atoms with Gasteiger partial charge >= 0.3 is 5.97 Å². The van der Waals surface area contributed by atoms with E-state index >= 15 is 0 Å². The highest BCUT2D eigenvalue weighted by atomic mass is 79.9. The number of hydrogen-bond acceptors (Lipinski definition) is 2. The van der Waals surface area contributed by atoms with Crippen LogP contribution in [0.2, 0.25) is 0 Å². The number of fused-ring (bicyclic) bond motifs is 1. The second-order valence-electron chi connectivity index (χ2n) is 3.71. The van der Waals surface area contributed by atoms with E-state index < -0.39 is 5.97 Å². The van der Waals surface area contributed by atoms with E-state index in [2.05, 4.69) is 25.9 Å². The molecular formula is C11H10BrFN2O2. The monoisotopic (exact) mass is 300 g/mol. The van der Waals surface area contributed by atoms with Crippen molar-refractivity contribution >= 4 is 32.9 Å². The summed E-state index contributed by atoms with van der Waals surface area (Å²) in [6, 6.07) is 2.97. The van der Waals surface area contributed by atoms with Gasteiger partial charge in [-0.05, 0) is 28.4 Å². The fourth-order valence-electron chi connectivity index (χ4n) is 1.58. The standard InChI is InChI=1S/C11H10BrFN2O2/c12-6-4-8-9(5-7(6)13)15-10(14-8)2-1-3-11(16)17/h4-5H,1-3H2,(H,14,15)(H,16,17). The van der Waals surface area contributed by atoms with Crippen LogP contribution in [0.1, 0.15) is 18.7 Å². The average molecular weight is 301 g/mol. The molecule has 17 heavy (non-hydrogen) atoms. The molecule has 2 aromatic rings. The summed E-state index contributed by atoms with van der Waals surface area (Å²) >= 11 is 3.09. The van der Waals surface area contributed by atoms with E-state index in [4.69, 9.17) is 5.11 Å². The first-order valence-electron chi connectivity index (χ1n) is 5.11. The molecule has 90 valence electrons. The highest BCUT2D eigenvalue weighted by Gasteiger charge is 2.07. The molecule has 0 bridgehead atoms. The molecular weight excluding hydrogens is 291 g/mol. The Morgan fingerprint density at radius 2 is 2.29 bits per heavy atom. The number of carbonyl (C=O) groups is 1. The summed E-state index contributed by atoms with van der Waals surface area (Å²) in [7, 11) is 0. The summed E-state index contributed by atoms with van der Waals surface area (Å²) in [4.78, 5) is 17.6. The summed E-state index contributed by atoms with van der Waals surface area (Å²) in [6.45, 7) is 0. The van der Waals surface area contributed by atoms with Crippen molar-refractivity contribution < 1.29 is 14.3 Å². The lowest BCUT2D eigenvalue weighted by atomic mass is 10.2. The Balaban J connectivity index is 2.17. The molecule has 0 saturated carbocycles. The smallest absolute Gasteiger partial charge is 0.303 e. The molecule has 0 saturated heterocycles. The zero-order chi connectivity index (χ0) is 12.4. The predicted molar refractivity (Wildman–Crippen MR) is 64.3 cm³/mol. The van der Waals surface area contributed by atoms with Gasteiger partial charge in [-0.1, -0.05) is 0 Å². The first-order valence-corrected chi connectivity index (χ1v) is 5.91. The number of hydrogen-bond donors (Lipinski definition) is 2. The molecule has 0 unspecified atom stereocenters. The second kappa shape index (κ2) is 4.83. The van der Waals surface area contributed by atoms with Crippen LogP contribution >= 0.6 is 15.9 Å². The topological polar surface area (TPSA) is 66.0 Å².